The smallest absolute Gasteiger partial charge is 0.127 e. The normalized spacial score (nSPS) is 12.1. The molecule has 0 spiro atoms. The van der Waals surface area contributed by atoms with Crippen molar-refractivity contribution in [1.29, 1.82) is 0 Å². The van der Waals surface area contributed by atoms with Crippen LogP contribution in [0.25, 0.3) is 0 Å². The molecule has 88 valence electrons. The van der Waals surface area contributed by atoms with Crippen molar-refractivity contribution in [1.82, 2.24) is 5.43 Å². The molecule has 0 aromatic heterocycles. The first-order valence-corrected chi connectivity index (χ1v) is 5.34. The Morgan fingerprint density at radius 2 is 1.47 bits per heavy atom. The summed E-state index contributed by atoms with van der Waals surface area (Å²) in [5.41, 5.74) is 9.12. The van der Waals surface area contributed by atoms with Gasteiger partial charge in [-0.2, -0.15) is 0 Å². The van der Waals surface area contributed by atoms with E-state index in [1.807, 2.05) is 54.6 Å². The zero-order valence-electron chi connectivity index (χ0n) is 9.34. The summed E-state index contributed by atoms with van der Waals surface area (Å²) < 4.78 is 5.65. The van der Waals surface area contributed by atoms with Gasteiger partial charge >= 0.3 is 0 Å². The second-order valence-corrected chi connectivity index (χ2v) is 3.63. The lowest BCUT2D eigenvalue weighted by molar-refractivity contribution is 0.481. The van der Waals surface area contributed by atoms with E-state index in [2.05, 4.69) is 5.43 Å². The van der Waals surface area contributed by atoms with Crippen LogP contribution in [0.15, 0.2) is 54.6 Å². The molecule has 0 fully saturated rings. The van der Waals surface area contributed by atoms with E-state index < -0.39 is 0 Å². The van der Waals surface area contributed by atoms with Gasteiger partial charge < -0.3 is 10.5 Å². The minimum atomic E-state index is -0.360. The van der Waals surface area contributed by atoms with Crippen molar-refractivity contribution in [3.05, 3.63) is 60.2 Å². The maximum atomic E-state index is 5.72. The summed E-state index contributed by atoms with van der Waals surface area (Å²) in [5, 5.41) is 0. The lowest BCUT2D eigenvalue weighted by Gasteiger charge is -2.11. The highest BCUT2D eigenvalue weighted by Crippen LogP contribution is 2.21. The fourth-order valence-corrected chi connectivity index (χ4v) is 1.46. The van der Waals surface area contributed by atoms with Crippen LogP contribution in [0.4, 0.5) is 0 Å². The fraction of sp³-hybridized carbons (Fsp3) is 0.0769. The zero-order chi connectivity index (χ0) is 12.1. The highest BCUT2D eigenvalue weighted by molar-refractivity contribution is 5.33. The van der Waals surface area contributed by atoms with Crippen molar-refractivity contribution in [2.45, 2.75) is 6.17 Å². The molecule has 0 amide bonds. The number of benzene rings is 2. The van der Waals surface area contributed by atoms with E-state index in [9.17, 15) is 0 Å². The zero-order valence-corrected chi connectivity index (χ0v) is 9.34. The molecule has 4 nitrogen and oxygen atoms in total. The van der Waals surface area contributed by atoms with Gasteiger partial charge in [-0.1, -0.05) is 30.3 Å². The first-order chi connectivity index (χ1) is 8.29. The SMILES string of the molecule is NNC(N)c1ccc(Oc2ccccc2)cc1. The lowest BCUT2D eigenvalue weighted by atomic mass is 10.2. The van der Waals surface area contributed by atoms with Gasteiger partial charge in [-0.25, -0.2) is 5.43 Å². The van der Waals surface area contributed by atoms with Crippen LogP contribution in [-0.4, -0.2) is 0 Å². The molecule has 2 aromatic rings. The molecular formula is C13H15N3O. The van der Waals surface area contributed by atoms with E-state index >= 15 is 0 Å². The van der Waals surface area contributed by atoms with E-state index in [1.165, 1.54) is 0 Å². The average molecular weight is 229 g/mol. The number of nitrogens with two attached hydrogens (primary N) is 2. The Labute approximate surface area is 100 Å². The molecule has 0 bridgehead atoms. The minimum absolute atomic E-state index is 0.360. The van der Waals surface area contributed by atoms with Crippen LogP contribution >= 0.6 is 0 Å². The summed E-state index contributed by atoms with van der Waals surface area (Å²) in [6.07, 6.45) is -0.360. The number of hydrogen-bond acceptors (Lipinski definition) is 4. The molecule has 2 aromatic carbocycles. The van der Waals surface area contributed by atoms with Crippen LogP contribution in [0, 0.1) is 0 Å². The molecular weight excluding hydrogens is 214 g/mol. The number of rotatable bonds is 4. The summed E-state index contributed by atoms with van der Waals surface area (Å²) >= 11 is 0. The molecule has 4 heteroatoms. The number of para-hydroxylation sites is 1. The Hall–Kier alpha value is -1.88. The van der Waals surface area contributed by atoms with Crippen LogP contribution in [0.5, 0.6) is 11.5 Å². The number of nitrogens with one attached hydrogen (secondary N) is 1. The Kier molecular flexibility index (Phi) is 3.72. The monoisotopic (exact) mass is 229 g/mol. The van der Waals surface area contributed by atoms with Crippen LogP contribution in [0.3, 0.4) is 0 Å². The van der Waals surface area contributed by atoms with Gasteiger partial charge in [0, 0.05) is 0 Å². The first kappa shape index (κ1) is 11.6. The summed E-state index contributed by atoms with van der Waals surface area (Å²) in [6, 6.07) is 17.1. The van der Waals surface area contributed by atoms with E-state index in [0.29, 0.717) is 0 Å². The molecule has 0 saturated heterocycles. The van der Waals surface area contributed by atoms with Gasteiger partial charge in [-0.3, -0.25) is 5.84 Å². The number of hydrogen-bond donors (Lipinski definition) is 3. The Bertz CT molecular complexity index is 456. The second-order valence-electron chi connectivity index (χ2n) is 3.63. The standard InChI is InChI=1S/C13H15N3O/c14-13(16-15)10-6-8-12(9-7-10)17-11-4-2-1-3-5-11/h1-9,13,16H,14-15H2. The molecule has 2 rings (SSSR count). The van der Waals surface area contributed by atoms with Gasteiger partial charge in [0.05, 0.1) is 6.17 Å². The topological polar surface area (TPSA) is 73.3 Å². The van der Waals surface area contributed by atoms with E-state index in [1.54, 1.807) is 0 Å². The third kappa shape index (κ3) is 3.04. The third-order valence-electron chi connectivity index (χ3n) is 2.40. The Morgan fingerprint density at radius 3 is 2.06 bits per heavy atom. The molecule has 5 N–H and O–H groups in total. The van der Waals surface area contributed by atoms with E-state index in [4.69, 9.17) is 16.3 Å². The largest absolute Gasteiger partial charge is 0.457 e. The highest BCUT2D eigenvalue weighted by atomic mass is 16.5. The average Bonchev–Trinajstić information content (AvgIpc) is 2.40. The molecule has 0 aliphatic rings. The van der Waals surface area contributed by atoms with E-state index in [-0.39, 0.29) is 6.17 Å². The summed E-state index contributed by atoms with van der Waals surface area (Å²) in [6.45, 7) is 0. The van der Waals surface area contributed by atoms with Crippen molar-refractivity contribution in [2.75, 3.05) is 0 Å². The molecule has 0 saturated carbocycles. The van der Waals surface area contributed by atoms with Gasteiger partial charge in [0.15, 0.2) is 0 Å². The number of hydrazine groups is 1. The molecule has 1 unspecified atom stereocenters. The van der Waals surface area contributed by atoms with Gasteiger partial charge in [0.25, 0.3) is 0 Å². The van der Waals surface area contributed by atoms with Crippen molar-refractivity contribution < 1.29 is 4.74 Å². The summed E-state index contributed by atoms with van der Waals surface area (Å²) in [4.78, 5) is 0. The van der Waals surface area contributed by atoms with Gasteiger partial charge in [-0.15, -0.1) is 0 Å². The second kappa shape index (κ2) is 5.45. The predicted molar refractivity (Wildman–Crippen MR) is 67.2 cm³/mol. The maximum absolute atomic E-state index is 5.72. The summed E-state index contributed by atoms with van der Waals surface area (Å²) in [7, 11) is 0. The van der Waals surface area contributed by atoms with Crippen molar-refractivity contribution in [2.24, 2.45) is 11.6 Å². The Balaban J connectivity index is 2.08. The fourth-order valence-electron chi connectivity index (χ4n) is 1.46. The van der Waals surface area contributed by atoms with Crippen LogP contribution in [0.2, 0.25) is 0 Å². The first-order valence-electron chi connectivity index (χ1n) is 5.34. The molecule has 0 aliphatic heterocycles. The minimum Gasteiger partial charge on any atom is -0.457 e. The van der Waals surface area contributed by atoms with Gasteiger partial charge in [0.2, 0.25) is 0 Å². The quantitative estimate of drug-likeness (QED) is 0.425. The molecule has 0 aliphatic carbocycles. The lowest BCUT2D eigenvalue weighted by Crippen LogP contribution is -2.33. The molecule has 17 heavy (non-hydrogen) atoms. The van der Waals surface area contributed by atoms with Gasteiger partial charge in [-0.05, 0) is 29.8 Å². The number of ether oxygens (including phenoxy) is 1. The molecule has 1 atom stereocenters. The van der Waals surface area contributed by atoms with Crippen molar-refractivity contribution >= 4 is 0 Å². The highest BCUT2D eigenvalue weighted by Gasteiger charge is 2.03. The predicted octanol–water partition coefficient (Wildman–Crippen LogP) is 1.90. The maximum Gasteiger partial charge on any atom is 0.127 e. The summed E-state index contributed by atoms with van der Waals surface area (Å²) in [5.74, 6) is 6.83. The van der Waals surface area contributed by atoms with Crippen LogP contribution in [-0.2, 0) is 0 Å². The van der Waals surface area contributed by atoms with Crippen LogP contribution in [0.1, 0.15) is 11.7 Å². The van der Waals surface area contributed by atoms with Gasteiger partial charge in [0.1, 0.15) is 11.5 Å². The third-order valence-corrected chi connectivity index (χ3v) is 2.40. The molecule has 0 radical (unpaired) electrons. The van der Waals surface area contributed by atoms with Crippen molar-refractivity contribution in [3.63, 3.8) is 0 Å². The van der Waals surface area contributed by atoms with Crippen molar-refractivity contribution in [3.8, 4) is 11.5 Å². The molecule has 0 heterocycles. The van der Waals surface area contributed by atoms with Crippen LogP contribution < -0.4 is 21.7 Å². The van der Waals surface area contributed by atoms with E-state index in [0.717, 1.165) is 17.1 Å². The Morgan fingerprint density at radius 1 is 0.882 bits per heavy atom.